The van der Waals surface area contributed by atoms with E-state index in [1.807, 2.05) is 4.72 Å². The number of hydrogen-bond donors (Lipinski definition) is 2. The average Bonchev–Trinajstić information content (AvgIpc) is 2.70. The number of aryl methyl sites for hydroxylation is 2. The molecule has 1 aromatic carbocycles. The molecule has 2 aromatic heterocycles. The number of aromatic nitrogens is 3. The number of nitrogens with zero attached hydrogens (tertiary/aromatic N) is 3. The largest absolute Gasteiger partial charge is 0.350 e. The smallest absolute Gasteiger partial charge is 0.261 e. The molecule has 0 unspecified atom stereocenters. The number of alkyl halides is 1. The van der Waals surface area contributed by atoms with Crippen LogP contribution in [0.1, 0.15) is 12.0 Å². The first-order valence-corrected chi connectivity index (χ1v) is 10.4. The van der Waals surface area contributed by atoms with Crippen molar-refractivity contribution >= 4 is 38.1 Å². The Hall–Kier alpha value is -3.15. The van der Waals surface area contributed by atoms with Crippen molar-refractivity contribution in [3.63, 3.8) is 0 Å². The van der Waals surface area contributed by atoms with Crippen LogP contribution in [0.25, 0.3) is 10.9 Å². The summed E-state index contributed by atoms with van der Waals surface area (Å²) >= 11 is 0. The fraction of sp³-hybridized carbons (Fsp3) is 0.278. The topological polar surface area (TPSA) is 106 Å². The van der Waals surface area contributed by atoms with Crippen LogP contribution >= 0.6 is 0 Å². The van der Waals surface area contributed by atoms with Gasteiger partial charge in [0.2, 0.25) is 10.0 Å². The molecule has 0 amide bonds. The molecule has 12 heteroatoms. The molecule has 3 aromatic rings. The van der Waals surface area contributed by atoms with E-state index in [1.165, 1.54) is 30.1 Å². The summed E-state index contributed by atoms with van der Waals surface area (Å²) in [4.78, 5) is 20.0. The van der Waals surface area contributed by atoms with Crippen LogP contribution in [0, 0.1) is 18.6 Å². The summed E-state index contributed by atoms with van der Waals surface area (Å²) in [6.45, 7) is 0.730. The Labute approximate surface area is 169 Å². The Morgan fingerprint density at radius 1 is 1.20 bits per heavy atom. The highest BCUT2D eigenvalue weighted by Crippen LogP contribution is 2.30. The minimum absolute atomic E-state index is 0.225. The molecule has 30 heavy (non-hydrogen) atoms. The predicted octanol–water partition coefficient (Wildman–Crippen LogP) is 2.76. The third-order valence-corrected chi connectivity index (χ3v) is 5.71. The predicted molar refractivity (Wildman–Crippen MR) is 107 cm³/mol. The number of halogens is 3. The molecule has 0 radical (unpaired) electrons. The zero-order chi connectivity index (χ0) is 22.1. The molecule has 0 aliphatic rings. The summed E-state index contributed by atoms with van der Waals surface area (Å²) in [6.07, 6.45) is 1.73. The third-order valence-electron chi connectivity index (χ3n) is 4.38. The van der Waals surface area contributed by atoms with Gasteiger partial charge in [0.25, 0.3) is 5.56 Å². The van der Waals surface area contributed by atoms with Crippen LogP contribution < -0.4 is 15.6 Å². The Bertz CT molecular complexity index is 1280. The van der Waals surface area contributed by atoms with Crippen molar-refractivity contribution in [1.29, 1.82) is 0 Å². The summed E-state index contributed by atoms with van der Waals surface area (Å²) in [7, 11) is -2.54. The molecule has 0 bridgehead atoms. The van der Waals surface area contributed by atoms with Gasteiger partial charge in [0.15, 0.2) is 17.5 Å². The molecular formula is C18H18F3N5O3S. The number of nitrogens with one attached hydrogen (secondary N) is 2. The van der Waals surface area contributed by atoms with Gasteiger partial charge in [0, 0.05) is 12.7 Å². The highest BCUT2D eigenvalue weighted by molar-refractivity contribution is 7.92. The van der Waals surface area contributed by atoms with Gasteiger partial charge < -0.3 is 9.88 Å². The number of hydrogen-bond acceptors (Lipinski definition) is 6. The first kappa shape index (κ1) is 21.6. The third kappa shape index (κ3) is 4.22. The van der Waals surface area contributed by atoms with Gasteiger partial charge in [0.05, 0.1) is 35.9 Å². The van der Waals surface area contributed by atoms with E-state index in [-0.39, 0.29) is 23.1 Å². The second kappa shape index (κ2) is 8.30. The molecule has 3 rings (SSSR count). The van der Waals surface area contributed by atoms with E-state index >= 15 is 0 Å². The van der Waals surface area contributed by atoms with E-state index < -0.39 is 45.6 Å². The minimum atomic E-state index is -4.06. The zero-order valence-electron chi connectivity index (χ0n) is 16.0. The van der Waals surface area contributed by atoms with Gasteiger partial charge in [-0.25, -0.2) is 27.2 Å². The lowest BCUT2D eigenvalue weighted by Crippen LogP contribution is -2.19. The maximum absolute atomic E-state index is 14.8. The second-order valence-corrected chi connectivity index (χ2v) is 8.37. The van der Waals surface area contributed by atoms with E-state index in [1.54, 1.807) is 6.92 Å². The molecule has 0 saturated carbocycles. The van der Waals surface area contributed by atoms with Crippen molar-refractivity contribution in [1.82, 2.24) is 14.5 Å². The minimum Gasteiger partial charge on any atom is -0.350 e. The van der Waals surface area contributed by atoms with Crippen molar-refractivity contribution in [2.45, 2.75) is 13.3 Å². The van der Waals surface area contributed by atoms with Crippen molar-refractivity contribution in [3.8, 4) is 0 Å². The number of benzene rings is 1. The summed E-state index contributed by atoms with van der Waals surface area (Å²) < 4.78 is 68.3. The highest BCUT2D eigenvalue weighted by Gasteiger charge is 2.21. The van der Waals surface area contributed by atoms with E-state index in [0.29, 0.717) is 17.3 Å². The number of sulfonamides is 1. The Morgan fingerprint density at radius 2 is 1.93 bits per heavy atom. The number of anilines is 3. The van der Waals surface area contributed by atoms with Crippen LogP contribution in [-0.2, 0) is 17.1 Å². The fourth-order valence-electron chi connectivity index (χ4n) is 2.82. The second-order valence-electron chi connectivity index (χ2n) is 6.53. The zero-order valence-corrected chi connectivity index (χ0v) is 16.9. The van der Waals surface area contributed by atoms with Crippen LogP contribution in [0.4, 0.5) is 30.4 Å². The lowest BCUT2D eigenvalue weighted by molar-refractivity contribution is 0.484. The Morgan fingerprint density at radius 3 is 2.63 bits per heavy atom. The van der Waals surface area contributed by atoms with Crippen LogP contribution in [0.3, 0.4) is 0 Å². The van der Waals surface area contributed by atoms with Gasteiger partial charge in [-0.2, -0.15) is 0 Å². The fourth-order valence-corrected chi connectivity index (χ4v) is 3.85. The van der Waals surface area contributed by atoms with Crippen molar-refractivity contribution in [2.24, 2.45) is 7.05 Å². The van der Waals surface area contributed by atoms with E-state index in [4.69, 9.17) is 0 Å². The SMILES string of the molecule is Cc1c(Nc2c(F)cnc(NS(=O)(=O)CCCF)c2F)ccc2ncn(C)c(=O)c12. The van der Waals surface area contributed by atoms with Gasteiger partial charge in [-0.3, -0.25) is 13.9 Å². The molecule has 8 nitrogen and oxygen atoms in total. The first-order valence-electron chi connectivity index (χ1n) is 8.77. The average molecular weight is 441 g/mol. The molecule has 2 N–H and O–H groups in total. The summed E-state index contributed by atoms with van der Waals surface area (Å²) in [5.74, 6) is -3.66. The van der Waals surface area contributed by atoms with Crippen molar-refractivity contribution in [2.75, 3.05) is 22.5 Å². The van der Waals surface area contributed by atoms with Gasteiger partial charge >= 0.3 is 0 Å². The summed E-state index contributed by atoms with van der Waals surface area (Å²) in [5.41, 5.74) is 0.0531. The highest BCUT2D eigenvalue weighted by atomic mass is 32.2. The summed E-state index contributed by atoms with van der Waals surface area (Å²) in [6, 6.07) is 3.01. The molecule has 0 spiro atoms. The molecule has 0 aliphatic heterocycles. The summed E-state index contributed by atoms with van der Waals surface area (Å²) in [5, 5.41) is 2.83. The molecule has 2 heterocycles. The molecule has 0 fully saturated rings. The first-order chi connectivity index (χ1) is 14.1. The van der Waals surface area contributed by atoms with Crippen LogP contribution in [0.2, 0.25) is 0 Å². The van der Waals surface area contributed by atoms with Gasteiger partial charge in [-0.05, 0) is 31.0 Å². The van der Waals surface area contributed by atoms with Crippen molar-refractivity contribution in [3.05, 3.63) is 52.2 Å². The molecule has 0 atom stereocenters. The molecular weight excluding hydrogens is 423 g/mol. The van der Waals surface area contributed by atoms with Gasteiger partial charge in [-0.15, -0.1) is 0 Å². The van der Waals surface area contributed by atoms with Gasteiger partial charge in [0.1, 0.15) is 5.69 Å². The lowest BCUT2D eigenvalue weighted by Gasteiger charge is -2.15. The standard InChI is InChI=1S/C18H18F3N5O3S/c1-10-12(4-5-13-14(10)18(27)26(2)9-23-13)24-16-11(20)8-22-17(15(16)21)25-30(28,29)7-3-6-19/h4-5,8-9H,3,6-7H2,1-2H3,(H2,22,24,25). The van der Waals surface area contributed by atoms with E-state index in [0.717, 1.165) is 0 Å². The molecule has 160 valence electrons. The Kier molecular flexibility index (Phi) is 5.97. The van der Waals surface area contributed by atoms with Crippen LogP contribution in [0.5, 0.6) is 0 Å². The quantitative estimate of drug-likeness (QED) is 0.584. The lowest BCUT2D eigenvalue weighted by atomic mass is 10.1. The molecule has 0 saturated heterocycles. The van der Waals surface area contributed by atoms with Crippen molar-refractivity contribution < 1.29 is 21.6 Å². The van der Waals surface area contributed by atoms with Crippen LogP contribution in [-0.4, -0.2) is 35.4 Å². The number of fused-ring (bicyclic) bond motifs is 1. The number of rotatable bonds is 7. The van der Waals surface area contributed by atoms with Crippen LogP contribution in [0.15, 0.2) is 29.5 Å². The monoisotopic (exact) mass is 441 g/mol. The maximum Gasteiger partial charge on any atom is 0.261 e. The van der Waals surface area contributed by atoms with E-state index in [2.05, 4.69) is 15.3 Å². The Balaban J connectivity index is 2.02. The molecule has 0 aliphatic carbocycles. The normalized spacial score (nSPS) is 11.6. The maximum atomic E-state index is 14.8. The number of pyridine rings is 1. The van der Waals surface area contributed by atoms with E-state index in [9.17, 15) is 26.4 Å². The van der Waals surface area contributed by atoms with Gasteiger partial charge in [-0.1, -0.05) is 0 Å².